The Morgan fingerprint density at radius 2 is 1.88 bits per heavy atom. The second-order valence-electron chi connectivity index (χ2n) is 9.62. The van der Waals surface area contributed by atoms with Crippen LogP contribution >= 0.6 is 0 Å². The average molecular weight is 468 g/mol. The van der Waals surface area contributed by atoms with Crippen LogP contribution in [0.1, 0.15) is 77.0 Å². The third kappa shape index (κ3) is 7.65. The quantitative estimate of drug-likeness (QED) is 0.445. The molecule has 0 heterocycles. The van der Waals surface area contributed by atoms with Crippen molar-refractivity contribution in [2.75, 3.05) is 6.54 Å². The molecule has 1 aliphatic rings. The van der Waals surface area contributed by atoms with Gasteiger partial charge in [-0.05, 0) is 52.2 Å². The predicted octanol–water partition coefficient (Wildman–Crippen LogP) is 4.09. The minimum absolute atomic E-state index is 0.0553. The molecule has 1 aliphatic carbocycles. The Morgan fingerprint density at radius 1 is 1.24 bits per heavy atom. The highest BCUT2D eigenvalue weighted by atomic mass is 16.6. The summed E-state index contributed by atoms with van der Waals surface area (Å²) < 4.78 is 5.28. The molecule has 34 heavy (non-hydrogen) atoms. The molecular formula is C27H37N3O4. The average Bonchev–Trinajstić information content (AvgIpc) is 2.77. The van der Waals surface area contributed by atoms with Crippen molar-refractivity contribution in [2.45, 2.75) is 83.5 Å². The first-order valence-electron chi connectivity index (χ1n) is 11.8. The first-order chi connectivity index (χ1) is 16.1. The SMILES string of the molecule is C#Cc1ccccc1C(C(=O)NC1CCCCC1)N(CC=C)C(=O)C(C)NC(=O)OC(C)(C)C. The van der Waals surface area contributed by atoms with E-state index in [9.17, 15) is 14.4 Å². The minimum Gasteiger partial charge on any atom is -0.444 e. The topological polar surface area (TPSA) is 87.7 Å². The Hall–Kier alpha value is -3.27. The molecule has 2 rings (SSSR count). The van der Waals surface area contributed by atoms with Gasteiger partial charge in [-0.15, -0.1) is 13.0 Å². The third-order valence-electron chi connectivity index (χ3n) is 5.63. The first-order valence-corrected chi connectivity index (χ1v) is 11.8. The van der Waals surface area contributed by atoms with Crippen molar-refractivity contribution in [2.24, 2.45) is 0 Å². The van der Waals surface area contributed by atoms with Gasteiger partial charge in [-0.25, -0.2) is 4.79 Å². The summed E-state index contributed by atoms with van der Waals surface area (Å²) >= 11 is 0. The van der Waals surface area contributed by atoms with Crippen LogP contribution in [0.3, 0.4) is 0 Å². The third-order valence-corrected chi connectivity index (χ3v) is 5.63. The molecule has 0 spiro atoms. The van der Waals surface area contributed by atoms with E-state index >= 15 is 0 Å². The second-order valence-corrected chi connectivity index (χ2v) is 9.62. The molecule has 0 saturated heterocycles. The summed E-state index contributed by atoms with van der Waals surface area (Å²) in [6.07, 6.45) is 11.7. The summed E-state index contributed by atoms with van der Waals surface area (Å²) in [5, 5.41) is 5.70. The van der Waals surface area contributed by atoms with Crippen LogP contribution in [0.15, 0.2) is 36.9 Å². The lowest BCUT2D eigenvalue weighted by Crippen LogP contribution is -2.53. The molecule has 0 aliphatic heterocycles. The fourth-order valence-electron chi connectivity index (χ4n) is 4.10. The standard InChI is InChI=1S/C27H37N3O4/c1-7-18-30(25(32)19(3)28-26(33)34-27(4,5)6)23(22-17-13-12-14-20(22)8-2)24(31)29-21-15-10-9-11-16-21/h2,7,12-14,17,19,21,23H,1,9-11,15-16,18H2,3-6H3,(H,28,33)(H,29,31). The number of nitrogens with one attached hydrogen (secondary N) is 2. The highest BCUT2D eigenvalue weighted by molar-refractivity contribution is 5.92. The van der Waals surface area contributed by atoms with E-state index in [0.29, 0.717) is 11.1 Å². The molecule has 184 valence electrons. The highest BCUT2D eigenvalue weighted by Crippen LogP contribution is 2.27. The minimum atomic E-state index is -0.970. The first kappa shape index (κ1) is 27.0. The van der Waals surface area contributed by atoms with Crippen molar-refractivity contribution in [1.29, 1.82) is 0 Å². The van der Waals surface area contributed by atoms with Gasteiger partial charge in [-0.1, -0.05) is 49.5 Å². The van der Waals surface area contributed by atoms with Crippen LogP contribution in [-0.4, -0.2) is 47.0 Å². The van der Waals surface area contributed by atoms with Gasteiger partial charge >= 0.3 is 6.09 Å². The van der Waals surface area contributed by atoms with E-state index in [1.54, 1.807) is 58.0 Å². The van der Waals surface area contributed by atoms with Gasteiger partial charge in [0.2, 0.25) is 11.8 Å². The summed E-state index contributed by atoms with van der Waals surface area (Å²) in [5.74, 6) is 1.88. The molecule has 0 aromatic heterocycles. The Bertz CT molecular complexity index is 923. The van der Waals surface area contributed by atoms with E-state index in [0.717, 1.165) is 32.1 Å². The largest absolute Gasteiger partial charge is 0.444 e. The number of nitrogens with zero attached hydrogens (tertiary/aromatic N) is 1. The molecule has 1 aromatic rings. The number of amides is 3. The van der Waals surface area contributed by atoms with Gasteiger partial charge in [0.05, 0.1) is 0 Å². The monoisotopic (exact) mass is 467 g/mol. The molecule has 1 aromatic carbocycles. The van der Waals surface area contributed by atoms with Crippen molar-refractivity contribution < 1.29 is 19.1 Å². The molecule has 1 saturated carbocycles. The van der Waals surface area contributed by atoms with Crippen molar-refractivity contribution in [3.63, 3.8) is 0 Å². The van der Waals surface area contributed by atoms with E-state index in [2.05, 4.69) is 23.1 Å². The maximum Gasteiger partial charge on any atom is 0.408 e. The van der Waals surface area contributed by atoms with E-state index < -0.39 is 29.7 Å². The fourth-order valence-corrected chi connectivity index (χ4v) is 4.10. The number of rotatable bonds is 8. The van der Waals surface area contributed by atoms with Crippen LogP contribution in [0.5, 0.6) is 0 Å². The van der Waals surface area contributed by atoms with E-state index in [-0.39, 0.29) is 18.5 Å². The van der Waals surface area contributed by atoms with Crippen LogP contribution in [0.25, 0.3) is 0 Å². The summed E-state index contributed by atoms with van der Waals surface area (Å²) in [5.41, 5.74) is 0.376. The van der Waals surface area contributed by atoms with E-state index in [1.807, 2.05) is 0 Å². The predicted molar refractivity (Wildman–Crippen MR) is 133 cm³/mol. The summed E-state index contributed by atoms with van der Waals surface area (Å²) in [4.78, 5) is 40.8. The molecular weight excluding hydrogens is 430 g/mol. The number of ether oxygens (including phenoxy) is 1. The van der Waals surface area contributed by atoms with E-state index in [4.69, 9.17) is 11.2 Å². The highest BCUT2D eigenvalue weighted by Gasteiger charge is 2.36. The number of hydrogen-bond donors (Lipinski definition) is 2. The lowest BCUT2D eigenvalue weighted by Gasteiger charge is -2.34. The van der Waals surface area contributed by atoms with Crippen LogP contribution in [0.4, 0.5) is 4.79 Å². The van der Waals surface area contributed by atoms with Crippen LogP contribution < -0.4 is 10.6 Å². The smallest absolute Gasteiger partial charge is 0.408 e. The zero-order valence-corrected chi connectivity index (χ0v) is 20.7. The van der Waals surface area contributed by atoms with Gasteiger partial charge in [-0.3, -0.25) is 9.59 Å². The van der Waals surface area contributed by atoms with E-state index in [1.165, 1.54) is 4.90 Å². The summed E-state index contributed by atoms with van der Waals surface area (Å²) in [7, 11) is 0. The maximum atomic E-state index is 13.6. The van der Waals surface area contributed by atoms with Crippen LogP contribution in [0, 0.1) is 12.3 Å². The van der Waals surface area contributed by atoms with Crippen molar-refractivity contribution in [3.05, 3.63) is 48.0 Å². The fraction of sp³-hybridized carbons (Fsp3) is 0.519. The van der Waals surface area contributed by atoms with Gasteiger partial charge in [-0.2, -0.15) is 0 Å². The molecule has 0 bridgehead atoms. The van der Waals surface area contributed by atoms with Crippen molar-refractivity contribution >= 4 is 17.9 Å². The lowest BCUT2D eigenvalue weighted by atomic mass is 9.93. The molecule has 2 N–H and O–H groups in total. The van der Waals surface area contributed by atoms with Gasteiger partial charge in [0.15, 0.2) is 0 Å². The van der Waals surface area contributed by atoms with Crippen LogP contribution in [0.2, 0.25) is 0 Å². The van der Waals surface area contributed by atoms with Crippen molar-refractivity contribution in [1.82, 2.24) is 15.5 Å². The Labute approximate surface area is 203 Å². The zero-order valence-electron chi connectivity index (χ0n) is 20.7. The molecule has 7 heteroatoms. The van der Waals surface area contributed by atoms with Gasteiger partial charge < -0.3 is 20.3 Å². The molecule has 3 amide bonds. The Kier molecular flexibility index (Phi) is 9.73. The zero-order chi connectivity index (χ0) is 25.3. The number of carbonyl (C=O) groups excluding carboxylic acids is 3. The normalized spacial score (nSPS) is 15.9. The second kappa shape index (κ2) is 12.3. The van der Waals surface area contributed by atoms with Gasteiger partial charge in [0.25, 0.3) is 0 Å². The summed E-state index contributed by atoms with van der Waals surface area (Å²) in [6, 6.07) is 5.24. The molecule has 7 nitrogen and oxygen atoms in total. The molecule has 2 atom stereocenters. The van der Waals surface area contributed by atoms with Crippen molar-refractivity contribution in [3.8, 4) is 12.3 Å². The number of benzene rings is 1. The lowest BCUT2D eigenvalue weighted by molar-refractivity contribution is -0.141. The molecule has 1 fully saturated rings. The number of carbonyl (C=O) groups is 3. The maximum absolute atomic E-state index is 13.6. The number of hydrogen-bond acceptors (Lipinski definition) is 4. The number of terminal acetylenes is 1. The Balaban J connectivity index is 2.38. The van der Waals surface area contributed by atoms with Crippen LogP contribution in [-0.2, 0) is 14.3 Å². The molecule has 0 radical (unpaired) electrons. The summed E-state index contributed by atoms with van der Waals surface area (Å²) in [6.45, 7) is 10.7. The van der Waals surface area contributed by atoms with Gasteiger partial charge in [0.1, 0.15) is 17.7 Å². The number of alkyl carbamates (subject to hydrolysis) is 1. The molecule has 2 unspecified atom stereocenters. The van der Waals surface area contributed by atoms with Gasteiger partial charge in [0, 0.05) is 18.2 Å². The Morgan fingerprint density at radius 3 is 2.47 bits per heavy atom.